The minimum atomic E-state index is -2.83. The van der Waals surface area contributed by atoms with Crippen molar-refractivity contribution in [3.63, 3.8) is 0 Å². The Hall–Kier alpha value is -0.130. The van der Waals surface area contributed by atoms with Gasteiger partial charge in [0.2, 0.25) is 0 Å². The topological polar surface area (TPSA) is 49.4 Å². The molecule has 98 valence electrons. The Morgan fingerprint density at radius 1 is 1.19 bits per heavy atom. The molecule has 0 aromatic heterocycles. The van der Waals surface area contributed by atoms with Crippen LogP contribution >= 0.6 is 0 Å². The first kappa shape index (κ1) is 15.9. The van der Waals surface area contributed by atoms with Gasteiger partial charge in [-0.15, -0.1) is 0 Å². The molecule has 0 saturated carbocycles. The highest BCUT2D eigenvalue weighted by molar-refractivity contribution is 7.91. The van der Waals surface area contributed by atoms with E-state index in [1.165, 1.54) is 0 Å². The summed E-state index contributed by atoms with van der Waals surface area (Å²) in [6, 6.07) is 0.484. The Morgan fingerprint density at radius 3 is 2.25 bits per heavy atom. The summed E-state index contributed by atoms with van der Waals surface area (Å²) in [5, 5.41) is 3.33. The molecule has 5 heteroatoms. The van der Waals surface area contributed by atoms with Crippen LogP contribution in [0.4, 0.5) is 0 Å². The van der Waals surface area contributed by atoms with Gasteiger partial charge < -0.3 is 10.2 Å². The second-order valence-electron chi connectivity index (χ2n) is 4.28. The third-order valence-corrected chi connectivity index (χ3v) is 4.27. The molecule has 0 aromatic rings. The summed E-state index contributed by atoms with van der Waals surface area (Å²) in [5.41, 5.74) is 0. The normalized spacial score (nSPS) is 12.6. The summed E-state index contributed by atoms with van der Waals surface area (Å²) in [6.07, 6.45) is 0. The molecular formula is C11H26N2O2S. The molecule has 0 unspecified atom stereocenters. The summed E-state index contributed by atoms with van der Waals surface area (Å²) in [7, 11) is -2.83. The van der Waals surface area contributed by atoms with Crippen molar-refractivity contribution in [2.24, 2.45) is 0 Å². The number of rotatable bonds is 9. The fraction of sp³-hybridized carbons (Fsp3) is 1.00. The van der Waals surface area contributed by atoms with Gasteiger partial charge in [-0.25, -0.2) is 8.42 Å². The maximum atomic E-state index is 11.4. The number of hydrogen-bond acceptors (Lipinski definition) is 4. The molecule has 0 aliphatic carbocycles. The lowest BCUT2D eigenvalue weighted by atomic mass is 10.4. The average Bonchev–Trinajstić information content (AvgIpc) is 2.22. The Kier molecular flexibility index (Phi) is 7.97. The van der Waals surface area contributed by atoms with Gasteiger partial charge in [0.1, 0.15) is 0 Å². The van der Waals surface area contributed by atoms with E-state index >= 15 is 0 Å². The van der Waals surface area contributed by atoms with Gasteiger partial charge in [-0.2, -0.15) is 0 Å². The Labute approximate surface area is 100 Å². The molecule has 0 spiro atoms. The molecule has 1 N–H and O–H groups in total. The highest BCUT2D eigenvalue weighted by Crippen LogP contribution is 1.94. The predicted molar refractivity (Wildman–Crippen MR) is 69.6 cm³/mol. The maximum absolute atomic E-state index is 11.4. The Balaban J connectivity index is 3.84. The van der Waals surface area contributed by atoms with Crippen molar-refractivity contribution in [1.82, 2.24) is 10.2 Å². The molecule has 16 heavy (non-hydrogen) atoms. The first-order chi connectivity index (χ1) is 7.41. The summed E-state index contributed by atoms with van der Waals surface area (Å²) in [4.78, 5) is 2.17. The zero-order valence-corrected chi connectivity index (χ0v) is 11.8. The summed E-state index contributed by atoms with van der Waals surface area (Å²) < 4.78 is 22.7. The van der Waals surface area contributed by atoms with Gasteiger partial charge in [-0.1, -0.05) is 27.7 Å². The van der Waals surface area contributed by atoms with Crippen molar-refractivity contribution >= 4 is 9.84 Å². The minimum Gasteiger partial charge on any atom is -0.313 e. The van der Waals surface area contributed by atoms with Crippen LogP contribution in [-0.2, 0) is 9.84 Å². The van der Waals surface area contributed by atoms with Crippen LogP contribution < -0.4 is 5.32 Å². The van der Waals surface area contributed by atoms with Gasteiger partial charge >= 0.3 is 0 Å². The van der Waals surface area contributed by atoms with E-state index in [0.29, 0.717) is 12.6 Å². The highest BCUT2D eigenvalue weighted by atomic mass is 32.2. The molecule has 0 fully saturated rings. The molecule has 0 aliphatic rings. The summed E-state index contributed by atoms with van der Waals surface area (Å²) in [5.74, 6) is 0.522. The zero-order valence-electron chi connectivity index (χ0n) is 11.0. The van der Waals surface area contributed by atoms with Crippen LogP contribution in [0.5, 0.6) is 0 Å². The van der Waals surface area contributed by atoms with Gasteiger partial charge in [-0.05, 0) is 6.54 Å². The first-order valence-corrected chi connectivity index (χ1v) is 7.89. The van der Waals surface area contributed by atoms with Crippen LogP contribution in [0.2, 0.25) is 0 Å². The van der Waals surface area contributed by atoms with E-state index in [1.54, 1.807) is 6.92 Å². The van der Waals surface area contributed by atoms with Crippen molar-refractivity contribution in [3.05, 3.63) is 0 Å². The van der Waals surface area contributed by atoms with E-state index in [4.69, 9.17) is 0 Å². The zero-order chi connectivity index (χ0) is 12.6. The molecule has 0 heterocycles. The van der Waals surface area contributed by atoms with Crippen molar-refractivity contribution in [2.45, 2.75) is 33.7 Å². The van der Waals surface area contributed by atoms with Crippen LogP contribution in [0, 0.1) is 0 Å². The van der Waals surface area contributed by atoms with E-state index in [0.717, 1.165) is 19.6 Å². The smallest absolute Gasteiger partial charge is 0.151 e. The fourth-order valence-corrected chi connectivity index (χ4v) is 2.18. The van der Waals surface area contributed by atoms with Gasteiger partial charge in [0.05, 0.1) is 5.75 Å². The van der Waals surface area contributed by atoms with Gasteiger partial charge in [0.15, 0.2) is 9.84 Å². The van der Waals surface area contributed by atoms with Gasteiger partial charge in [-0.3, -0.25) is 0 Å². The van der Waals surface area contributed by atoms with Crippen molar-refractivity contribution in [3.8, 4) is 0 Å². The molecule has 0 aromatic carbocycles. The third kappa shape index (κ3) is 8.07. The number of hydrogen-bond donors (Lipinski definition) is 1. The van der Waals surface area contributed by atoms with E-state index in [-0.39, 0.29) is 11.5 Å². The van der Waals surface area contributed by atoms with Crippen molar-refractivity contribution in [1.29, 1.82) is 0 Å². The Morgan fingerprint density at radius 2 is 1.81 bits per heavy atom. The summed E-state index contributed by atoms with van der Waals surface area (Å²) in [6.45, 7) is 11.4. The van der Waals surface area contributed by atoms with E-state index < -0.39 is 9.84 Å². The molecular weight excluding hydrogens is 224 g/mol. The van der Waals surface area contributed by atoms with Crippen LogP contribution in [0.15, 0.2) is 0 Å². The molecule has 0 radical (unpaired) electrons. The molecule has 4 nitrogen and oxygen atoms in total. The Bertz CT molecular complexity index is 263. The van der Waals surface area contributed by atoms with E-state index in [1.807, 2.05) is 0 Å². The van der Waals surface area contributed by atoms with Crippen molar-refractivity contribution in [2.75, 3.05) is 37.7 Å². The van der Waals surface area contributed by atoms with Gasteiger partial charge in [0, 0.05) is 31.4 Å². The standard InChI is InChI=1S/C11H26N2O2S/c1-5-13(8-7-12-11(3)4)9-10-16(14,15)6-2/h11-12H,5-10H2,1-4H3. The lowest BCUT2D eigenvalue weighted by Gasteiger charge is -2.21. The van der Waals surface area contributed by atoms with Crippen molar-refractivity contribution < 1.29 is 8.42 Å². The molecule has 0 atom stereocenters. The van der Waals surface area contributed by atoms with Crippen LogP contribution in [0.25, 0.3) is 0 Å². The lowest BCUT2D eigenvalue weighted by Crippen LogP contribution is -2.37. The first-order valence-electron chi connectivity index (χ1n) is 6.07. The number of nitrogens with one attached hydrogen (secondary N) is 1. The number of nitrogens with zero attached hydrogens (tertiary/aromatic N) is 1. The van der Waals surface area contributed by atoms with E-state index in [9.17, 15) is 8.42 Å². The highest BCUT2D eigenvalue weighted by Gasteiger charge is 2.10. The van der Waals surface area contributed by atoms with Crippen LogP contribution in [0.3, 0.4) is 0 Å². The lowest BCUT2D eigenvalue weighted by molar-refractivity contribution is 0.299. The number of likely N-dealkylation sites (N-methyl/N-ethyl adjacent to an activating group) is 1. The van der Waals surface area contributed by atoms with Gasteiger partial charge in [0.25, 0.3) is 0 Å². The molecule has 0 rings (SSSR count). The molecule has 0 aliphatic heterocycles. The second-order valence-corrected chi connectivity index (χ2v) is 6.75. The van der Waals surface area contributed by atoms with Crippen LogP contribution in [-0.4, -0.2) is 57.0 Å². The average molecular weight is 250 g/mol. The minimum absolute atomic E-state index is 0.245. The molecule has 0 saturated heterocycles. The maximum Gasteiger partial charge on any atom is 0.151 e. The summed E-state index contributed by atoms with van der Waals surface area (Å²) >= 11 is 0. The largest absolute Gasteiger partial charge is 0.313 e. The molecule has 0 amide bonds. The SMILES string of the molecule is CCN(CCNC(C)C)CCS(=O)(=O)CC. The number of sulfone groups is 1. The monoisotopic (exact) mass is 250 g/mol. The molecule has 0 bridgehead atoms. The fourth-order valence-electron chi connectivity index (χ4n) is 1.35. The predicted octanol–water partition coefficient (Wildman–Crippen LogP) is 0.741. The van der Waals surface area contributed by atoms with E-state index in [2.05, 4.69) is 31.0 Å². The second kappa shape index (κ2) is 8.03. The van der Waals surface area contributed by atoms with Crippen LogP contribution in [0.1, 0.15) is 27.7 Å². The third-order valence-electron chi connectivity index (χ3n) is 2.59. The quantitative estimate of drug-likeness (QED) is 0.656.